The van der Waals surface area contributed by atoms with Gasteiger partial charge in [-0.1, -0.05) is 36.4 Å². The van der Waals surface area contributed by atoms with E-state index < -0.39 is 0 Å². The molecule has 0 radical (unpaired) electrons. The van der Waals surface area contributed by atoms with Crippen LogP contribution in [-0.2, 0) is 16.1 Å². The van der Waals surface area contributed by atoms with Crippen molar-refractivity contribution in [3.8, 4) is 5.75 Å². The highest BCUT2D eigenvalue weighted by Crippen LogP contribution is 2.20. The van der Waals surface area contributed by atoms with Crippen molar-refractivity contribution in [2.24, 2.45) is 5.92 Å². The van der Waals surface area contributed by atoms with Crippen LogP contribution in [0.4, 0.5) is 5.69 Å². The Kier molecular flexibility index (Phi) is 7.03. The van der Waals surface area contributed by atoms with E-state index in [9.17, 15) is 9.59 Å². The first-order valence-corrected chi connectivity index (χ1v) is 9.62. The van der Waals surface area contributed by atoms with Crippen LogP contribution in [0.3, 0.4) is 0 Å². The first-order chi connectivity index (χ1) is 13.7. The maximum Gasteiger partial charge on any atom is 0.234 e. The van der Waals surface area contributed by atoms with Crippen LogP contribution < -0.4 is 15.4 Å². The van der Waals surface area contributed by atoms with E-state index in [2.05, 4.69) is 15.5 Å². The molecule has 1 aliphatic heterocycles. The van der Waals surface area contributed by atoms with Gasteiger partial charge in [-0.15, -0.1) is 0 Å². The molecule has 0 aliphatic carbocycles. The van der Waals surface area contributed by atoms with Crippen LogP contribution in [0.1, 0.15) is 18.4 Å². The maximum absolute atomic E-state index is 12.4. The predicted octanol–water partition coefficient (Wildman–Crippen LogP) is 2.66. The Morgan fingerprint density at radius 1 is 1.04 bits per heavy atom. The van der Waals surface area contributed by atoms with E-state index >= 15 is 0 Å². The molecule has 148 valence electrons. The Labute approximate surface area is 165 Å². The zero-order valence-electron chi connectivity index (χ0n) is 16.2. The van der Waals surface area contributed by atoms with Crippen molar-refractivity contribution in [2.45, 2.75) is 19.4 Å². The number of para-hydroxylation sites is 2. The van der Waals surface area contributed by atoms with Gasteiger partial charge in [-0.3, -0.25) is 14.5 Å². The number of hydrogen-bond donors (Lipinski definition) is 2. The van der Waals surface area contributed by atoms with Gasteiger partial charge >= 0.3 is 0 Å². The fraction of sp³-hybridized carbons (Fsp3) is 0.364. The van der Waals surface area contributed by atoms with Crippen molar-refractivity contribution in [3.63, 3.8) is 0 Å². The summed E-state index contributed by atoms with van der Waals surface area (Å²) in [6, 6.07) is 17.2. The molecular formula is C22H27N3O3. The predicted molar refractivity (Wildman–Crippen MR) is 109 cm³/mol. The van der Waals surface area contributed by atoms with Gasteiger partial charge in [0.2, 0.25) is 11.8 Å². The van der Waals surface area contributed by atoms with E-state index in [0.29, 0.717) is 13.1 Å². The molecule has 0 spiro atoms. The second-order valence-corrected chi connectivity index (χ2v) is 6.99. The smallest absolute Gasteiger partial charge is 0.234 e. The van der Waals surface area contributed by atoms with Crippen LogP contribution in [0, 0.1) is 5.92 Å². The van der Waals surface area contributed by atoms with Crippen molar-refractivity contribution in [1.82, 2.24) is 10.2 Å². The molecule has 28 heavy (non-hydrogen) atoms. The van der Waals surface area contributed by atoms with Crippen LogP contribution in [0.15, 0.2) is 54.6 Å². The number of carbonyl (C=O) groups is 2. The summed E-state index contributed by atoms with van der Waals surface area (Å²) < 4.78 is 5.30. The van der Waals surface area contributed by atoms with E-state index in [1.54, 1.807) is 7.11 Å². The number of carbonyl (C=O) groups excluding carboxylic acids is 2. The lowest BCUT2D eigenvalue weighted by Gasteiger charge is -2.30. The highest BCUT2D eigenvalue weighted by Gasteiger charge is 2.25. The topological polar surface area (TPSA) is 70.7 Å². The van der Waals surface area contributed by atoms with E-state index in [-0.39, 0.29) is 17.7 Å². The third-order valence-corrected chi connectivity index (χ3v) is 5.04. The van der Waals surface area contributed by atoms with Gasteiger partial charge in [-0.2, -0.15) is 0 Å². The van der Waals surface area contributed by atoms with Gasteiger partial charge in [0.25, 0.3) is 0 Å². The lowest BCUT2D eigenvalue weighted by molar-refractivity contribution is -0.123. The number of anilines is 1. The van der Waals surface area contributed by atoms with Crippen molar-refractivity contribution in [1.29, 1.82) is 0 Å². The Bertz CT molecular complexity index is 787. The monoisotopic (exact) mass is 381 g/mol. The molecular weight excluding hydrogens is 354 g/mol. The summed E-state index contributed by atoms with van der Waals surface area (Å²) in [4.78, 5) is 26.8. The zero-order valence-corrected chi connectivity index (χ0v) is 16.2. The number of likely N-dealkylation sites (tertiary alicyclic amines) is 1. The summed E-state index contributed by atoms with van der Waals surface area (Å²) in [5, 5.41) is 5.92. The lowest BCUT2D eigenvalue weighted by atomic mass is 9.96. The second kappa shape index (κ2) is 9.90. The number of benzene rings is 2. The van der Waals surface area contributed by atoms with Crippen molar-refractivity contribution in [3.05, 3.63) is 60.2 Å². The summed E-state index contributed by atoms with van der Waals surface area (Å²) in [6.07, 6.45) is 1.52. The molecule has 3 rings (SSSR count). The molecule has 1 heterocycles. The molecule has 0 bridgehead atoms. The molecule has 0 unspecified atom stereocenters. The van der Waals surface area contributed by atoms with E-state index in [4.69, 9.17) is 4.74 Å². The number of nitrogens with zero attached hydrogens (tertiary/aromatic N) is 1. The van der Waals surface area contributed by atoms with Crippen molar-refractivity contribution < 1.29 is 14.3 Å². The number of nitrogens with one attached hydrogen (secondary N) is 2. The van der Waals surface area contributed by atoms with Crippen molar-refractivity contribution in [2.75, 3.05) is 32.1 Å². The summed E-state index contributed by atoms with van der Waals surface area (Å²) in [5.41, 5.74) is 1.78. The van der Waals surface area contributed by atoms with Crippen molar-refractivity contribution >= 4 is 17.5 Å². The maximum atomic E-state index is 12.4. The molecule has 2 N–H and O–H groups in total. The minimum absolute atomic E-state index is 0.00639. The fourth-order valence-corrected chi connectivity index (χ4v) is 3.42. The van der Waals surface area contributed by atoms with Crippen LogP contribution in [0.25, 0.3) is 0 Å². The van der Waals surface area contributed by atoms with Gasteiger partial charge < -0.3 is 15.4 Å². The molecule has 1 aliphatic rings. The first-order valence-electron chi connectivity index (χ1n) is 9.62. The number of methoxy groups -OCH3 is 1. The van der Waals surface area contributed by atoms with Gasteiger partial charge in [0.05, 0.1) is 13.7 Å². The molecule has 0 saturated carbocycles. The Hall–Kier alpha value is -2.86. The minimum Gasteiger partial charge on any atom is -0.496 e. The fourth-order valence-electron chi connectivity index (χ4n) is 3.42. The SMILES string of the molecule is COc1ccccc1CNC(=O)CN1CCC(C(=O)Nc2ccccc2)CC1. The molecule has 2 aromatic carbocycles. The number of amides is 2. The van der Waals surface area contributed by atoms with Crippen LogP contribution in [-0.4, -0.2) is 43.5 Å². The Balaban J connectivity index is 1.40. The summed E-state index contributed by atoms with van der Waals surface area (Å²) >= 11 is 0. The number of rotatable bonds is 7. The average molecular weight is 381 g/mol. The third-order valence-electron chi connectivity index (χ3n) is 5.04. The zero-order chi connectivity index (χ0) is 19.8. The normalized spacial score (nSPS) is 15.0. The van der Waals surface area contributed by atoms with Gasteiger partial charge in [-0.05, 0) is 44.1 Å². The summed E-state index contributed by atoms with van der Waals surface area (Å²) in [6.45, 7) is 2.28. The van der Waals surface area contributed by atoms with E-state index in [1.165, 1.54) is 0 Å². The standard InChI is InChI=1S/C22H27N3O3/c1-28-20-10-6-5-7-18(20)15-23-21(26)16-25-13-11-17(12-14-25)22(27)24-19-8-3-2-4-9-19/h2-10,17H,11-16H2,1H3,(H,23,26)(H,24,27). The Morgan fingerprint density at radius 2 is 1.71 bits per heavy atom. The number of ether oxygens (including phenoxy) is 1. The molecule has 6 heteroatoms. The second-order valence-electron chi connectivity index (χ2n) is 6.99. The number of hydrogen-bond acceptors (Lipinski definition) is 4. The summed E-state index contributed by atoms with van der Waals surface area (Å²) in [5.74, 6) is 0.811. The van der Waals surface area contributed by atoms with Gasteiger partial charge in [-0.25, -0.2) is 0 Å². The number of piperidine rings is 1. The van der Waals surface area contributed by atoms with E-state index in [0.717, 1.165) is 42.9 Å². The van der Waals surface area contributed by atoms with Gasteiger partial charge in [0, 0.05) is 23.7 Å². The molecule has 1 fully saturated rings. The quantitative estimate of drug-likeness (QED) is 0.774. The van der Waals surface area contributed by atoms with E-state index in [1.807, 2.05) is 54.6 Å². The molecule has 0 aromatic heterocycles. The molecule has 1 saturated heterocycles. The highest BCUT2D eigenvalue weighted by atomic mass is 16.5. The van der Waals surface area contributed by atoms with Gasteiger partial charge in [0.1, 0.15) is 5.75 Å². The van der Waals surface area contributed by atoms with Gasteiger partial charge in [0.15, 0.2) is 0 Å². The largest absolute Gasteiger partial charge is 0.496 e. The van der Waals surface area contributed by atoms with Crippen LogP contribution in [0.2, 0.25) is 0 Å². The average Bonchev–Trinajstić information content (AvgIpc) is 2.73. The molecule has 2 aromatic rings. The highest BCUT2D eigenvalue weighted by molar-refractivity contribution is 5.92. The molecule has 2 amide bonds. The van der Waals surface area contributed by atoms with Crippen LogP contribution >= 0.6 is 0 Å². The lowest BCUT2D eigenvalue weighted by Crippen LogP contribution is -2.43. The summed E-state index contributed by atoms with van der Waals surface area (Å²) in [7, 11) is 1.62. The minimum atomic E-state index is -0.0157. The Morgan fingerprint density at radius 3 is 2.43 bits per heavy atom. The van der Waals surface area contributed by atoms with Crippen LogP contribution in [0.5, 0.6) is 5.75 Å². The first kappa shape index (κ1) is 19.9. The molecule has 6 nitrogen and oxygen atoms in total. The molecule has 0 atom stereocenters. The third kappa shape index (κ3) is 5.57.